The van der Waals surface area contributed by atoms with E-state index in [9.17, 15) is 14.4 Å². The average molecular weight is 240 g/mol. The van der Waals surface area contributed by atoms with E-state index in [-0.39, 0.29) is 30.7 Å². The Hall–Kier alpha value is -1.65. The van der Waals surface area contributed by atoms with Gasteiger partial charge in [0.25, 0.3) is 11.8 Å². The third-order valence-electron chi connectivity index (χ3n) is 2.04. The first kappa shape index (κ1) is 15.3. The predicted molar refractivity (Wildman–Crippen MR) is 65.1 cm³/mol. The van der Waals surface area contributed by atoms with Crippen LogP contribution < -0.4 is 5.32 Å². The van der Waals surface area contributed by atoms with Crippen LogP contribution in [0.15, 0.2) is 12.2 Å². The van der Waals surface area contributed by atoms with Crippen LogP contribution in [0.3, 0.4) is 0 Å². The summed E-state index contributed by atoms with van der Waals surface area (Å²) in [5.41, 5.74) is 0. The van der Waals surface area contributed by atoms with Crippen molar-refractivity contribution in [1.29, 1.82) is 0 Å². The van der Waals surface area contributed by atoms with Gasteiger partial charge in [0.15, 0.2) is 0 Å². The van der Waals surface area contributed by atoms with Crippen LogP contribution in [0.1, 0.15) is 33.6 Å². The van der Waals surface area contributed by atoms with Gasteiger partial charge in [0, 0.05) is 31.7 Å². The Balaban J connectivity index is 0.00000121. The van der Waals surface area contributed by atoms with E-state index < -0.39 is 0 Å². The molecule has 1 aliphatic rings. The third-order valence-corrected chi connectivity index (χ3v) is 2.04. The van der Waals surface area contributed by atoms with Crippen LogP contribution in [0.2, 0.25) is 0 Å². The first-order valence-electron chi connectivity index (χ1n) is 5.95. The van der Waals surface area contributed by atoms with Gasteiger partial charge in [-0.15, -0.1) is 0 Å². The minimum Gasteiger partial charge on any atom is -0.356 e. The summed E-state index contributed by atoms with van der Waals surface area (Å²) >= 11 is 0. The number of amides is 3. The van der Waals surface area contributed by atoms with Gasteiger partial charge in [-0.3, -0.25) is 19.3 Å². The second-order valence-corrected chi connectivity index (χ2v) is 3.26. The summed E-state index contributed by atoms with van der Waals surface area (Å²) in [7, 11) is 0. The van der Waals surface area contributed by atoms with E-state index in [1.165, 1.54) is 12.2 Å². The fourth-order valence-corrected chi connectivity index (χ4v) is 1.22. The molecule has 0 aromatic heterocycles. The van der Waals surface area contributed by atoms with E-state index in [2.05, 4.69) is 5.32 Å². The molecule has 0 saturated heterocycles. The highest BCUT2D eigenvalue weighted by Crippen LogP contribution is 2.03. The summed E-state index contributed by atoms with van der Waals surface area (Å²) in [6.45, 7) is 6.73. The molecule has 17 heavy (non-hydrogen) atoms. The van der Waals surface area contributed by atoms with Crippen LogP contribution in [0.25, 0.3) is 0 Å². The predicted octanol–water partition coefficient (Wildman–Crippen LogP) is 0.854. The molecule has 1 aliphatic heterocycles. The maximum Gasteiger partial charge on any atom is 0.253 e. The number of nitrogens with one attached hydrogen (secondary N) is 1. The first-order valence-corrected chi connectivity index (χ1v) is 5.95. The highest BCUT2D eigenvalue weighted by molar-refractivity contribution is 6.13. The number of hydrogen-bond donors (Lipinski definition) is 1. The second kappa shape index (κ2) is 8.50. The maximum absolute atomic E-state index is 11.2. The van der Waals surface area contributed by atoms with Crippen molar-refractivity contribution >= 4 is 17.7 Å². The minimum absolute atomic E-state index is 0.135. The summed E-state index contributed by atoms with van der Waals surface area (Å²) in [5.74, 6) is -0.823. The lowest BCUT2D eigenvalue weighted by Crippen LogP contribution is -2.34. The van der Waals surface area contributed by atoms with Crippen LogP contribution in [0, 0.1) is 0 Å². The molecule has 0 atom stereocenters. The molecule has 3 amide bonds. The Kier molecular flexibility index (Phi) is 7.67. The molecule has 5 heteroatoms. The quantitative estimate of drug-likeness (QED) is 0.725. The zero-order valence-corrected chi connectivity index (χ0v) is 10.7. The van der Waals surface area contributed by atoms with Gasteiger partial charge >= 0.3 is 0 Å². The standard InChI is InChI=1S/C10H14N2O3.C2H6/c1-2-6-11-8(13)5-7-12-9(14)3-4-10(12)15;1-2/h3-4H,2,5-7H2,1H3,(H,11,13);1-2H3. The summed E-state index contributed by atoms with van der Waals surface area (Å²) in [6, 6.07) is 0. The third kappa shape index (κ3) is 5.29. The molecule has 5 nitrogen and oxygen atoms in total. The molecule has 0 aromatic carbocycles. The van der Waals surface area contributed by atoms with E-state index in [1.54, 1.807) is 0 Å². The molecule has 0 aliphatic carbocycles. The minimum atomic E-state index is -0.344. The van der Waals surface area contributed by atoms with Crippen LogP contribution in [-0.4, -0.2) is 35.7 Å². The Morgan fingerprint density at radius 1 is 1.24 bits per heavy atom. The molecule has 0 spiro atoms. The van der Waals surface area contributed by atoms with Crippen LogP contribution in [0.5, 0.6) is 0 Å². The highest BCUT2D eigenvalue weighted by Gasteiger charge is 2.23. The molecule has 0 unspecified atom stereocenters. The van der Waals surface area contributed by atoms with E-state index in [1.807, 2.05) is 20.8 Å². The number of rotatable bonds is 5. The SMILES string of the molecule is CC.CCCNC(=O)CCN1C(=O)C=CC1=O. The smallest absolute Gasteiger partial charge is 0.253 e. The Bertz CT molecular complexity index is 293. The van der Waals surface area contributed by atoms with E-state index >= 15 is 0 Å². The van der Waals surface area contributed by atoms with Crippen molar-refractivity contribution in [3.63, 3.8) is 0 Å². The van der Waals surface area contributed by atoms with Crippen molar-refractivity contribution in [2.45, 2.75) is 33.6 Å². The van der Waals surface area contributed by atoms with Gasteiger partial charge in [0.1, 0.15) is 0 Å². The van der Waals surface area contributed by atoms with Gasteiger partial charge in [-0.25, -0.2) is 0 Å². The average Bonchev–Trinajstić information content (AvgIpc) is 2.66. The molecule has 1 rings (SSSR count). The fraction of sp³-hybridized carbons (Fsp3) is 0.583. The number of nitrogens with zero attached hydrogens (tertiary/aromatic N) is 1. The molecule has 0 bridgehead atoms. The highest BCUT2D eigenvalue weighted by atomic mass is 16.2. The van der Waals surface area contributed by atoms with Crippen molar-refractivity contribution < 1.29 is 14.4 Å². The summed E-state index contributed by atoms with van der Waals surface area (Å²) in [6.07, 6.45) is 3.46. The summed E-state index contributed by atoms with van der Waals surface area (Å²) < 4.78 is 0. The van der Waals surface area contributed by atoms with Crippen molar-refractivity contribution in [3.8, 4) is 0 Å². The maximum atomic E-state index is 11.2. The molecular weight excluding hydrogens is 220 g/mol. The largest absolute Gasteiger partial charge is 0.356 e. The number of hydrogen-bond acceptors (Lipinski definition) is 3. The molecule has 0 fully saturated rings. The van der Waals surface area contributed by atoms with E-state index in [0.717, 1.165) is 11.3 Å². The van der Waals surface area contributed by atoms with Gasteiger partial charge in [-0.1, -0.05) is 20.8 Å². The van der Waals surface area contributed by atoms with Crippen LogP contribution >= 0.6 is 0 Å². The monoisotopic (exact) mass is 240 g/mol. The van der Waals surface area contributed by atoms with Crippen LogP contribution in [0.4, 0.5) is 0 Å². The topological polar surface area (TPSA) is 66.5 Å². The molecule has 0 aromatic rings. The molecule has 96 valence electrons. The van der Waals surface area contributed by atoms with Crippen molar-refractivity contribution in [2.75, 3.05) is 13.1 Å². The molecule has 0 radical (unpaired) electrons. The summed E-state index contributed by atoms with van der Waals surface area (Å²) in [5, 5.41) is 2.68. The first-order chi connectivity index (χ1) is 8.15. The molecular formula is C12H20N2O3. The molecule has 1 heterocycles. The number of carbonyl (C=O) groups excluding carboxylic acids is 3. The van der Waals surface area contributed by atoms with Gasteiger partial charge in [-0.05, 0) is 6.42 Å². The normalized spacial score (nSPS) is 13.5. The Morgan fingerprint density at radius 3 is 2.24 bits per heavy atom. The Morgan fingerprint density at radius 2 is 1.76 bits per heavy atom. The summed E-state index contributed by atoms with van der Waals surface area (Å²) in [4.78, 5) is 34.4. The Labute approximate surface area is 102 Å². The van der Waals surface area contributed by atoms with Gasteiger partial charge in [0.05, 0.1) is 0 Å². The lowest BCUT2D eigenvalue weighted by molar-refractivity contribution is -0.137. The van der Waals surface area contributed by atoms with Gasteiger partial charge in [-0.2, -0.15) is 0 Å². The zero-order valence-electron chi connectivity index (χ0n) is 10.7. The number of carbonyl (C=O) groups is 3. The molecule has 0 saturated carbocycles. The second-order valence-electron chi connectivity index (χ2n) is 3.26. The number of imide groups is 1. The van der Waals surface area contributed by atoms with Gasteiger partial charge in [0.2, 0.25) is 5.91 Å². The molecule has 1 N–H and O–H groups in total. The zero-order chi connectivity index (χ0) is 13.3. The van der Waals surface area contributed by atoms with Crippen molar-refractivity contribution in [3.05, 3.63) is 12.2 Å². The lowest BCUT2D eigenvalue weighted by Gasteiger charge is -2.12. The van der Waals surface area contributed by atoms with E-state index in [4.69, 9.17) is 0 Å². The van der Waals surface area contributed by atoms with E-state index in [0.29, 0.717) is 6.54 Å². The van der Waals surface area contributed by atoms with Crippen molar-refractivity contribution in [1.82, 2.24) is 10.2 Å². The van der Waals surface area contributed by atoms with Crippen LogP contribution in [-0.2, 0) is 14.4 Å². The fourth-order valence-electron chi connectivity index (χ4n) is 1.22. The van der Waals surface area contributed by atoms with Gasteiger partial charge < -0.3 is 5.32 Å². The van der Waals surface area contributed by atoms with Crippen molar-refractivity contribution in [2.24, 2.45) is 0 Å². The lowest BCUT2D eigenvalue weighted by atomic mass is 10.3.